The van der Waals surface area contributed by atoms with Crippen LogP contribution in [0.25, 0.3) is 21.7 Å². The molecule has 0 atom stereocenters. The Morgan fingerprint density at radius 1 is 0.545 bits per heavy atom. The fourth-order valence-corrected chi connectivity index (χ4v) is 8.34. The first-order valence-electron chi connectivity index (χ1n) is 15.4. The van der Waals surface area contributed by atoms with Crippen LogP contribution in [0.4, 0.5) is 34.1 Å². The Balaban J connectivity index is 1.44. The molecule has 0 amide bonds. The van der Waals surface area contributed by atoms with Crippen molar-refractivity contribution in [3.05, 3.63) is 145 Å². The molecule has 4 heteroatoms. The summed E-state index contributed by atoms with van der Waals surface area (Å²) in [7, 11) is 0. The third-order valence-corrected chi connectivity index (χ3v) is 10.2. The van der Waals surface area contributed by atoms with Gasteiger partial charge in [-0.05, 0) is 69.3 Å². The Kier molecular flexibility index (Phi) is 4.60. The molecule has 0 saturated carbocycles. The van der Waals surface area contributed by atoms with Crippen LogP contribution in [0.1, 0.15) is 25.0 Å². The number of hydrogen-bond donors (Lipinski definition) is 0. The molecule has 3 aliphatic heterocycles. The number of benzene rings is 6. The predicted octanol–water partition coefficient (Wildman–Crippen LogP) is 8.11. The topological polar surface area (TPSA) is 19.4 Å². The molecule has 0 fully saturated rings. The minimum Gasteiger partial charge on any atom is -0.311 e. The van der Waals surface area contributed by atoms with Crippen LogP contribution in [0.2, 0.25) is 0 Å². The molecule has 3 aliphatic rings. The van der Waals surface area contributed by atoms with Gasteiger partial charge >= 0.3 is 0 Å². The van der Waals surface area contributed by atoms with Gasteiger partial charge in [0, 0.05) is 45.1 Å². The van der Waals surface area contributed by atoms with Crippen LogP contribution < -0.4 is 26.2 Å². The standard InChI is InChI=1S/C40H28BN3/c1-40(2)29-16-7-10-21-34(29)44-36-23-27-26-15-6-9-20-33(26)42-24-28(27)38-37(36)41(32-19-12-17-30(40)39(32)44)31-18-8-11-22-35(31)43(38)25-13-4-3-5-14-25/h3-24H,1-2H3. The van der Waals surface area contributed by atoms with E-state index in [0.29, 0.717) is 0 Å². The molecule has 0 N–H and O–H groups in total. The highest BCUT2D eigenvalue weighted by Gasteiger charge is 2.48. The second-order valence-electron chi connectivity index (χ2n) is 12.8. The first-order chi connectivity index (χ1) is 21.6. The number of anilines is 6. The van der Waals surface area contributed by atoms with Crippen LogP contribution in [-0.4, -0.2) is 11.7 Å². The average molecular weight is 561 g/mol. The Morgan fingerprint density at radius 3 is 2.14 bits per heavy atom. The molecule has 206 valence electrons. The number of para-hydroxylation sites is 5. The predicted molar refractivity (Wildman–Crippen MR) is 185 cm³/mol. The smallest absolute Gasteiger partial charge is 0.252 e. The van der Waals surface area contributed by atoms with E-state index in [2.05, 4.69) is 157 Å². The lowest BCUT2D eigenvalue weighted by molar-refractivity contribution is 0.632. The van der Waals surface area contributed by atoms with E-state index in [4.69, 9.17) is 4.98 Å². The minimum atomic E-state index is -0.128. The van der Waals surface area contributed by atoms with Crippen LogP contribution in [0.3, 0.4) is 0 Å². The van der Waals surface area contributed by atoms with Crippen molar-refractivity contribution < 1.29 is 0 Å². The number of fused-ring (bicyclic) bond motifs is 10. The highest BCUT2D eigenvalue weighted by molar-refractivity contribution is 7.00. The fourth-order valence-electron chi connectivity index (χ4n) is 8.34. The van der Waals surface area contributed by atoms with Gasteiger partial charge in [0.15, 0.2) is 0 Å². The van der Waals surface area contributed by atoms with E-state index in [1.807, 2.05) is 0 Å². The van der Waals surface area contributed by atoms with Gasteiger partial charge in [0.25, 0.3) is 6.71 Å². The number of hydrogen-bond acceptors (Lipinski definition) is 3. The van der Waals surface area contributed by atoms with Gasteiger partial charge < -0.3 is 9.80 Å². The van der Waals surface area contributed by atoms with E-state index >= 15 is 0 Å². The van der Waals surface area contributed by atoms with Crippen molar-refractivity contribution in [2.24, 2.45) is 0 Å². The number of pyridine rings is 1. The largest absolute Gasteiger partial charge is 0.311 e. The monoisotopic (exact) mass is 561 g/mol. The van der Waals surface area contributed by atoms with Crippen molar-refractivity contribution in [2.75, 3.05) is 9.80 Å². The molecule has 3 nitrogen and oxygen atoms in total. The van der Waals surface area contributed by atoms with E-state index in [9.17, 15) is 0 Å². The average Bonchev–Trinajstić information content (AvgIpc) is 3.07. The van der Waals surface area contributed by atoms with Crippen molar-refractivity contribution in [1.29, 1.82) is 0 Å². The summed E-state index contributed by atoms with van der Waals surface area (Å²) in [4.78, 5) is 10.1. The minimum absolute atomic E-state index is 0.0966. The summed E-state index contributed by atoms with van der Waals surface area (Å²) >= 11 is 0. The molecule has 4 heterocycles. The molecule has 1 aromatic heterocycles. The van der Waals surface area contributed by atoms with Crippen molar-refractivity contribution in [1.82, 2.24) is 4.98 Å². The van der Waals surface area contributed by atoms with Gasteiger partial charge in [0.05, 0.1) is 16.9 Å². The molecule has 0 spiro atoms. The molecular weight excluding hydrogens is 533 g/mol. The third kappa shape index (κ3) is 2.90. The summed E-state index contributed by atoms with van der Waals surface area (Å²) in [5, 5.41) is 3.58. The zero-order chi connectivity index (χ0) is 29.2. The summed E-state index contributed by atoms with van der Waals surface area (Å²) in [6, 6.07) is 46.8. The van der Waals surface area contributed by atoms with Gasteiger partial charge in [0.2, 0.25) is 0 Å². The third-order valence-electron chi connectivity index (χ3n) is 10.2. The van der Waals surface area contributed by atoms with Crippen LogP contribution >= 0.6 is 0 Å². The summed E-state index contributed by atoms with van der Waals surface area (Å²) in [6.07, 6.45) is 2.10. The second kappa shape index (κ2) is 8.39. The summed E-state index contributed by atoms with van der Waals surface area (Å²) in [5.74, 6) is 0. The van der Waals surface area contributed by atoms with Crippen molar-refractivity contribution in [3.8, 4) is 0 Å². The van der Waals surface area contributed by atoms with E-state index in [0.717, 1.165) is 11.2 Å². The summed E-state index contributed by atoms with van der Waals surface area (Å²) in [6.45, 7) is 4.86. The van der Waals surface area contributed by atoms with E-state index < -0.39 is 0 Å². The van der Waals surface area contributed by atoms with Gasteiger partial charge in [-0.2, -0.15) is 0 Å². The zero-order valence-corrected chi connectivity index (χ0v) is 24.6. The molecular formula is C40H28BN3. The fraction of sp³-hybridized carbons (Fsp3) is 0.0750. The molecule has 7 aromatic rings. The molecule has 0 radical (unpaired) electrons. The van der Waals surface area contributed by atoms with Crippen molar-refractivity contribution in [2.45, 2.75) is 19.3 Å². The Morgan fingerprint density at radius 2 is 1.25 bits per heavy atom. The quantitative estimate of drug-likeness (QED) is 0.149. The first kappa shape index (κ1) is 24.1. The Labute approximate surface area is 257 Å². The van der Waals surface area contributed by atoms with Gasteiger partial charge in [-0.25, -0.2) is 0 Å². The molecule has 0 unspecified atom stereocenters. The first-order valence-corrected chi connectivity index (χ1v) is 15.4. The van der Waals surface area contributed by atoms with Gasteiger partial charge in [0.1, 0.15) is 0 Å². The van der Waals surface area contributed by atoms with E-state index in [-0.39, 0.29) is 12.1 Å². The van der Waals surface area contributed by atoms with Gasteiger partial charge in [-0.1, -0.05) is 105 Å². The summed E-state index contributed by atoms with van der Waals surface area (Å²) in [5.41, 5.74) is 15.1. The SMILES string of the molecule is CC1(C)c2ccccc2N2c3cc4c(cnc5ccccc54)c4c3B(c3ccccc3N4c3ccccc3)c3cccc1c32. The van der Waals surface area contributed by atoms with E-state index in [1.54, 1.807) is 0 Å². The zero-order valence-electron chi connectivity index (χ0n) is 24.6. The van der Waals surface area contributed by atoms with E-state index in [1.165, 1.54) is 72.1 Å². The lowest BCUT2D eigenvalue weighted by atomic mass is 9.33. The van der Waals surface area contributed by atoms with Crippen LogP contribution in [-0.2, 0) is 5.41 Å². The number of aromatic nitrogens is 1. The maximum atomic E-state index is 5.02. The maximum Gasteiger partial charge on any atom is 0.252 e. The summed E-state index contributed by atoms with van der Waals surface area (Å²) < 4.78 is 0. The molecule has 44 heavy (non-hydrogen) atoms. The number of nitrogens with zero attached hydrogens (tertiary/aromatic N) is 3. The van der Waals surface area contributed by atoms with Crippen LogP contribution in [0.15, 0.2) is 134 Å². The van der Waals surface area contributed by atoms with Crippen molar-refractivity contribution >= 4 is 78.9 Å². The lowest BCUT2D eigenvalue weighted by Gasteiger charge is -2.49. The Hall–Kier alpha value is -5.35. The number of rotatable bonds is 1. The highest BCUT2D eigenvalue weighted by atomic mass is 15.2. The second-order valence-corrected chi connectivity index (χ2v) is 12.8. The molecule has 0 bridgehead atoms. The maximum absolute atomic E-state index is 5.02. The normalized spacial score (nSPS) is 15.1. The van der Waals surface area contributed by atoms with Gasteiger partial charge in [-0.3, -0.25) is 4.98 Å². The van der Waals surface area contributed by atoms with Crippen molar-refractivity contribution in [3.63, 3.8) is 0 Å². The molecule has 0 aliphatic carbocycles. The molecule has 6 aromatic carbocycles. The molecule has 10 rings (SSSR count). The van der Waals surface area contributed by atoms with Crippen LogP contribution in [0, 0.1) is 0 Å². The van der Waals surface area contributed by atoms with Gasteiger partial charge in [-0.15, -0.1) is 0 Å². The van der Waals surface area contributed by atoms with Crippen LogP contribution in [0.5, 0.6) is 0 Å². The lowest BCUT2D eigenvalue weighted by Crippen LogP contribution is -2.62. The highest BCUT2D eigenvalue weighted by Crippen LogP contribution is 2.54. The molecule has 0 saturated heterocycles. The Bertz CT molecular complexity index is 2340.